The van der Waals surface area contributed by atoms with Gasteiger partial charge in [-0.1, -0.05) is 44.2 Å². The van der Waals surface area contributed by atoms with Gasteiger partial charge in [0.15, 0.2) is 5.96 Å². The van der Waals surface area contributed by atoms with Crippen LogP contribution in [-0.2, 0) is 13.6 Å². The molecule has 0 saturated carbocycles. The molecule has 1 atom stereocenters. The van der Waals surface area contributed by atoms with Crippen molar-refractivity contribution in [3.63, 3.8) is 0 Å². The number of nitrogens with one attached hydrogen (secondary N) is 2. The molecule has 2 rings (SSSR count). The smallest absolute Gasteiger partial charge is 0.191 e. The van der Waals surface area contributed by atoms with E-state index in [-0.39, 0.29) is 24.0 Å². The van der Waals surface area contributed by atoms with Gasteiger partial charge < -0.3 is 10.6 Å². The van der Waals surface area contributed by atoms with Crippen molar-refractivity contribution >= 4 is 29.9 Å². The Hall–Kier alpha value is -1.68. The van der Waals surface area contributed by atoms with Crippen molar-refractivity contribution in [1.29, 1.82) is 0 Å². The fourth-order valence-electron chi connectivity index (χ4n) is 2.95. The van der Waals surface area contributed by atoms with Crippen molar-refractivity contribution in [2.24, 2.45) is 12.0 Å². The number of aryl methyl sites for hydroxylation is 1. The summed E-state index contributed by atoms with van der Waals surface area (Å²) >= 11 is 0. The summed E-state index contributed by atoms with van der Waals surface area (Å²) in [6, 6.07) is 10.9. The van der Waals surface area contributed by atoms with Gasteiger partial charge in [0, 0.05) is 20.1 Å². The third kappa shape index (κ3) is 7.10. The fraction of sp³-hybridized carbons (Fsp3) is 0.526. The number of nitrogens with zero attached hydrogens (tertiary/aromatic N) is 5. The van der Waals surface area contributed by atoms with Crippen LogP contribution < -0.4 is 10.6 Å². The van der Waals surface area contributed by atoms with E-state index in [4.69, 9.17) is 0 Å². The monoisotopic (exact) mass is 485 g/mol. The van der Waals surface area contributed by atoms with E-state index in [1.54, 1.807) is 11.0 Å². The highest BCUT2D eigenvalue weighted by Crippen LogP contribution is 2.19. The van der Waals surface area contributed by atoms with Crippen molar-refractivity contribution in [2.45, 2.75) is 33.4 Å². The van der Waals surface area contributed by atoms with E-state index in [9.17, 15) is 0 Å². The molecule has 0 radical (unpaired) electrons. The van der Waals surface area contributed by atoms with E-state index in [1.807, 2.05) is 7.05 Å². The molecule has 2 N–H and O–H groups in total. The average molecular weight is 485 g/mol. The maximum absolute atomic E-state index is 4.65. The Morgan fingerprint density at radius 2 is 1.85 bits per heavy atom. The lowest BCUT2D eigenvalue weighted by atomic mass is 10.1. The van der Waals surface area contributed by atoms with Gasteiger partial charge in [0.25, 0.3) is 0 Å². The summed E-state index contributed by atoms with van der Waals surface area (Å²) < 4.78 is 1.75. The molecule has 150 valence electrons. The number of rotatable bonds is 9. The molecular formula is C19H32IN7. The molecule has 1 aromatic heterocycles. The van der Waals surface area contributed by atoms with Crippen LogP contribution in [0.1, 0.15) is 38.2 Å². The summed E-state index contributed by atoms with van der Waals surface area (Å²) in [5.74, 6) is 1.63. The number of likely N-dealkylation sites (N-methyl/N-ethyl adjacent to an activating group) is 1. The van der Waals surface area contributed by atoms with Crippen molar-refractivity contribution in [3.8, 4) is 0 Å². The Morgan fingerprint density at radius 1 is 1.15 bits per heavy atom. The van der Waals surface area contributed by atoms with E-state index in [0.717, 1.165) is 38.0 Å². The van der Waals surface area contributed by atoms with Gasteiger partial charge in [0.1, 0.15) is 18.7 Å². The normalized spacial score (nSPS) is 12.6. The number of benzene rings is 1. The SMILES string of the molecule is CCNC(=NCc1ncnn1C)NCC(c1ccccc1)N(CC)CC.I. The Morgan fingerprint density at radius 3 is 2.41 bits per heavy atom. The molecule has 0 aliphatic heterocycles. The van der Waals surface area contributed by atoms with E-state index < -0.39 is 0 Å². The second-order valence-electron chi connectivity index (χ2n) is 6.02. The predicted octanol–water partition coefficient (Wildman–Crippen LogP) is 2.57. The Bertz CT molecular complexity index is 668. The predicted molar refractivity (Wildman–Crippen MR) is 121 cm³/mol. The van der Waals surface area contributed by atoms with Gasteiger partial charge >= 0.3 is 0 Å². The van der Waals surface area contributed by atoms with Gasteiger partial charge in [-0.2, -0.15) is 5.10 Å². The largest absolute Gasteiger partial charge is 0.357 e. The van der Waals surface area contributed by atoms with E-state index in [1.165, 1.54) is 5.56 Å². The van der Waals surface area contributed by atoms with Crippen LogP contribution >= 0.6 is 24.0 Å². The number of guanidine groups is 1. The van der Waals surface area contributed by atoms with Crippen LogP contribution in [-0.4, -0.2) is 51.8 Å². The van der Waals surface area contributed by atoms with Crippen LogP contribution in [0.2, 0.25) is 0 Å². The molecule has 0 aliphatic carbocycles. The van der Waals surface area contributed by atoms with Gasteiger partial charge in [-0.15, -0.1) is 24.0 Å². The molecule has 0 amide bonds. The highest BCUT2D eigenvalue weighted by atomic mass is 127. The Labute approximate surface area is 179 Å². The van der Waals surface area contributed by atoms with Crippen molar-refractivity contribution in [1.82, 2.24) is 30.3 Å². The first kappa shape index (κ1) is 23.4. The molecule has 0 saturated heterocycles. The van der Waals surface area contributed by atoms with Crippen LogP contribution in [0, 0.1) is 0 Å². The minimum absolute atomic E-state index is 0. The molecule has 0 bridgehead atoms. The summed E-state index contributed by atoms with van der Waals surface area (Å²) in [6.07, 6.45) is 1.55. The second-order valence-corrected chi connectivity index (χ2v) is 6.02. The standard InChI is InChI=1S/C19H31N7.HI/c1-5-20-19(22-14-18-23-15-24-25(18)4)21-13-17(26(6-2)7-3)16-11-9-8-10-12-16;/h8-12,15,17H,5-7,13-14H2,1-4H3,(H2,20,21,22);1H. The van der Waals surface area contributed by atoms with Crippen molar-refractivity contribution in [3.05, 3.63) is 48.0 Å². The number of aromatic nitrogens is 3. The van der Waals surface area contributed by atoms with Crippen LogP contribution in [0.4, 0.5) is 0 Å². The minimum atomic E-state index is 0. The molecule has 8 heteroatoms. The summed E-state index contributed by atoms with van der Waals surface area (Å²) in [4.78, 5) is 11.3. The first-order chi connectivity index (χ1) is 12.7. The number of hydrogen-bond acceptors (Lipinski definition) is 4. The number of halogens is 1. The molecule has 0 spiro atoms. The topological polar surface area (TPSA) is 70.4 Å². The fourth-order valence-corrected chi connectivity index (χ4v) is 2.95. The zero-order valence-corrected chi connectivity index (χ0v) is 19.1. The van der Waals surface area contributed by atoms with Gasteiger partial charge in [-0.3, -0.25) is 9.58 Å². The van der Waals surface area contributed by atoms with E-state index in [0.29, 0.717) is 12.6 Å². The van der Waals surface area contributed by atoms with Crippen molar-refractivity contribution < 1.29 is 0 Å². The molecule has 0 fully saturated rings. The highest BCUT2D eigenvalue weighted by Gasteiger charge is 2.18. The highest BCUT2D eigenvalue weighted by molar-refractivity contribution is 14.0. The maximum Gasteiger partial charge on any atom is 0.191 e. The third-order valence-corrected chi connectivity index (χ3v) is 4.43. The number of hydrogen-bond donors (Lipinski definition) is 2. The van der Waals surface area contributed by atoms with Crippen LogP contribution in [0.3, 0.4) is 0 Å². The lowest BCUT2D eigenvalue weighted by molar-refractivity contribution is 0.219. The zero-order valence-electron chi connectivity index (χ0n) is 16.7. The lowest BCUT2D eigenvalue weighted by Crippen LogP contribution is -2.43. The molecule has 1 heterocycles. The molecule has 0 aliphatic rings. The summed E-state index contributed by atoms with van der Waals surface area (Å²) in [5.41, 5.74) is 1.31. The summed E-state index contributed by atoms with van der Waals surface area (Å²) in [6.45, 7) is 10.6. The molecule has 2 aromatic rings. The first-order valence-corrected chi connectivity index (χ1v) is 9.33. The van der Waals surface area contributed by atoms with E-state index >= 15 is 0 Å². The lowest BCUT2D eigenvalue weighted by Gasteiger charge is -2.30. The zero-order chi connectivity index (χ0) is 18.8. The number of aliphatic imine (C=N–C) groups is 1. The van der Waals surface area contributed by atoms with Crippen molar-refractivity contribution in [2.75, 3.05) is 26.2 Å². The van der Waals surface area contributed by atoms with Gasteiger partial charge in [-0.05, 0) is 25.6 Å². The molecule has 1 aromatic carbocycles. The van der Waals surface area contributed by atoms with Gasteiger partial charge in [0.2, 0.25) is 0 Å². The van der Waals surface area contributed by atoms with Crippen LogP contribution in [0.25, 0.3) is 0 Å². The third-order valence-electron chi connectivity index (χ3n) is 4.43. The molecule has 27 heavy (non-hydrogen) atoms. The van der Waals surface area contributed by atoms with Gasteiger partial charge in [-0.25, -0.2) is 9.98 Å². The van der Waals surface area contributed by atoms with Crippen LogP contribution in [0.5, 0.6) is 0 Å². The molecule has 7 nitrogen and oxygen atoms in total. The van der Waals surface area contributed by atoms with E-state index in [2.05, 4.69) is 81.7 Å². The Kier molecular flexibility index (Phi) is 11.0. The second kappa shape index (κ2) is 12.7. The molecule has 1 unspecified atom stereocenters. The van der Waals surface area contributed by atoms with Crippen LogP contribution in [0.15, 0.2) is 41.7 Å². The minimum Gasteiger partial charge on any atom is -0.357 e. The maximum atomic E-state index is 4.65. The average Bonchev–Trinajstić information content (AvgIpc) is 3.08. The summed E-state index contributed by atoms with van der Waals surface area (Å²) in [5, 5.41) is 10.9. The van der Waals surface area contributed by atoms with Gasteiger partial charge in [0.05, 0.1) is 6.04 Å². The summed E-state index contributed by atoms with van der Waals surface area (Å²) in [7, 11) is 1.88. The Balaban J connectivity index is 0.00000364. The molecular weight excluding hydrogens is 453 g/mol. The first-order valence-electron chi connectivity index (χ1n) is 9.33. The quantitative estimate of drug-likeness (QED) is 0.325.